The third-order valence-corrected chi connectivity index (χ3v) is 3.06. The zero-order valence-corrected chi connectivity index (χ0v) is 11.9. The summed E-state index contributed by atoms with van der Waals surface area (Å²) in [5.74, 6) is -1.24. The normalized spacial score (nSPS) is 10.1. The predicted molar refractivity (Wildman–Crippen MR) is 78.4 cm³/mol. The zero-order chi connectivity index (χ0) is 15.1. The Kier molecular flexibility index (Phi) is 5.15. The number of benzene rings is 1. The van der Waals surface area contributed by atoms with E-state index in [1.54, 1.807) is 12.5 Å². The Hall–Kier alpha value is -2.56. The molecule has 110 valence electrons. The minimum absolute atomic E-state index is 0.342. The summed E-state index contributed by atoms with van der Waals surface area (Å²) in [4.78, 5) is 23.2. The quantitative estimate of drug-likeness (QED) is 0.819. The van der Waals surface area contributed by atoms with E-state index in [0.29, 0.717) is 19.5 Å². The Bertz CT molecular complexity index is 588. The molecule has 2 amide bonds. The van der Waals surface area contributed by atoms with Gasteiger partial charge in [0.25, 0.3) is 0 Å². The summed E-state index contributed by atoms with van der Waals surface area (Å²) in [5, 5.41) is 5.17. The fraction of sp³-hybridized carbons (Fsp3) is 0.250. The smallest absolute Gasteiger partial charge is 0.309 e. The van der Waals surface area contributed by atoms with E-state index in [4.69, 9.17) is 4.42 Å². The van der Waals surface area contributed by atoms with Gasteiger partial charge in [-0.1, -0.05) is 29.8 Å². The van der Waals surface area contributed by atoms with Crippen LogP contribution in [0.3, 0.4) is 0 Å². The highest BCUT2D eigenvalue weighted by Gasteiger charge is 2.12. The van der Waals surface area contributed by atoms with Gasteiger partial charge in [0.05, 0.1) is 12.5 Å². The van der Waals surface area contributed by atoms with E-state index in [2.05, 4.69) is 10.6 Å². The Morgan fingerprint density at radius 3 is 2.38 bits per heavy atom. The highest BCUT2D eigenvalue weighted by Crippen LogP contribution is 2.02. The second kappa shape index (κ2) is 7.28. The van der Waals surface area contributed by atoms with Gasteiger partial charge in [-0.05, 0) is 30.5 Å². The van der Waals surface area contributed by atoms with Gasteiger partial charge in [0.2, 0.25) is 0 Å². The molecule has 5 nitrogen and oxygen atoms in total. The van der Waals surface area contributed by atoms with Gasteiger partial charge in [0.15, 0.2) is 0 Å². The maximum Gasteiger partial charge on any atom is 0.309 e. The van der Waals surface area contributed by atoms with E-state index in [1.807, 2.05) is 37.3 Å². The molecule has 0 aliphatic heterocycles. The van der Waals surface area contributed by atoms with E-state index >= 15 is 0 Å². The minimum atomic E-state index is -0.622. The van der Waals surface area contributed by atoms with Gasteiger partial charge in [-0.25, -0.2) is 0 Å². The summed E-state index contributed by atoms with van der Waals surface area (Å²) < 4.78 is 4.92. The van der Waals surface area contributed by atoms with Crippen molar-refractivity contribution in [3.05, 3.63) is 59.5 Å². The third-order valence-electron chi connectivity index (χ3n) is 3.06. The molecule has 0 saturated heterocycles. The molecule has 1 heterocycles. The lowest BCUT2D eigenvalue weighted by molar-refractivity contribution is -0.139. The van der Waals surface area contributed by atoms with Crippen LogP contribution in [-0.4, -0.2) is 18.4 Å². The first-order chi connectivity index (χ1) is 10.1. The zero-order valence-electron chi connectivity index (χ0n) is 11.9. The molecule has 0 spiro atoms. The van der Waals surface area contributed by atoms with Gasteiger partial charge in [-0.3, -0.25) is 9.59 Å². The van der Waals surface area contributed by atoms with Crippen LogP contribution in [0.1, 0.15) is 16.7 Å². The average Bonchev–Trinajstić information content (AvgIpc) is 2.99. The number of carbonyl (C=O) groups excluding carboxylic acids is 2. The lowest BCUT2D eigenvalue weighted by Gasteiger charge is -2.06. The van der Waals surface area contributed by atoms with E-state index in [1.165, 1.54) is 0 Å². The van der Waals surface area contributed by atoms with Gasteiger partial charge in [0, 0.05) is 13.1 Å². The van der Waals surface area contributed by atoms with Crippen molar-refractivity contribution in [2.75, 3.05) is 6.54 Å². The average molecular weight is 286 g/mol. The molecular formula is C16H18N2O3. The van der Waals surface area contributed by atoms with Crippen molar-refractivity contribution in [1.82, 2.24) is 10.6 Å². The van der Waals surface area contributed by atoms with Crippen LogP contribution in [-0.2, 0) is 22.6 Å². The van der Waals surface area contributed by atoms with Crippen molar-refractivity contribution in [2.45, 2.75) is 19.9 Å². The van der Waals surface area contributed by atoms with Crippen LogP contribution in [0, 0.1) is 6.92 Å². The molecule has 1 aromatic carbocycles. The SMILES string of the molecule is Cc1ccc(CNC(=O)C(=O)NCCc2ccoc2)cc1. The highest BCUT2D eigenvalue weighted by molar-refractivity contribution is 6.35. The number of amides is 2. The molecule has 0 radical (unpaired) electrons. The van der Waals surface area contributed by atoms with Crippen molar-refractivity contribution in [3.63, 3.8) is 0 Å². The largest absolute Gasteiger partial charge is 0.472 e. The summed E-state index contributed by atoms with van der Waals surface area (Å²) >= 11 is 0. The van der Waals surface area contributed by atoms with Crippen molar-refractivity contribution in [2.24, 2.45) is 0 Å². The number of nitrogens with one attached hydrogen (secondary N) is 2. The first kappa shape index (κ1) is 14.8. The summed E-state index contributed by atoms with van der Waals surface area (Å²) in [6.45, 7) is 2.74. The van der Waals surface area contributed by atoms with Crippen LogP contribution in [0.4, 0.5) is 0 Å². The molecule has 0 unspecified atom stereocenters. The van der Waals surface area contributed by atoms with Crippen LogP contribution in [0.15, 0.2) is 47.3 Å². The molecule has 2 aromatic rings. The van der Waals surface area contributed by atoms with Crippen molar-refractivity contribution in [3.8, 4) is 0 Å². The minimum Gasteiger partial charge on any atom is -0.472 e. The molecule has 5 heteroatoms. The number of furan rings is 1. The van der Waals surface area contributed by atoms with Crippen LogP contribution < -0.4 is 10.6 Å². The van der Waals surface area contributed by atoms with Crippen molar-refractivity contribution >= 4 is 11.8 Å². The molecule has 2 N–H and O–H groups in total. The fourth-order valence-electron chi connectivity index (χ4n) is 1.80. The molecule has 0 bridgehead atoms. The summed E-state index contributed by atoms with van der Waals surface area (Å²) in [5.41, 5.74) is 3.09. The molecule has 0 aliphatic rings. The van der Waals surface area contributed by atoms with Gasteiger partial charge in [0.1, 0.15) is 0 Å². The van der Waals surface area contributed by atoms with E-state index in [9.17, 15) is 9.59 Å². The Morgan fingerprint density at radius 1 is 1.00 bits per heavy atom. The first-order valence-corrected chi connectivity index (χ1v) is 6.78. The van der Waals surface area contributed by atoms with Gasteiger partial charge < -0.3 is 15.1 Å². The summed E-state index contributed by atoms with van der Waals surface area (Å²) in [7, 11) is 0. The number of carbonyl (C=O) groups is 2. The predicted octanol–water partition coefficient (Wildman–Crippen LogP) is 1.56. The molecule has 0 aliphatic carbocycles. The Morgan fingerprint density at radius 2 is 1.71 bits per heavy atom. The van der Waals surface area contributed by atoms with Crippen molar-refractivity contribution < 1.29 is 14.0 Å². The first-order valence-electron chi connectivity index (χ1n) is 6.78. The van der Waals surface area contributed by atoms with Crippen LogP contribution in [0.2, 0.25) is 0 Å². The lowest BCUT2D eigenvalue weighted by atomic mass is 10.1. The van der Waals surface area contributed by atoms with E-state index in [-0.39, 0.29) is 0 Å². The molecule has 0 atom stereocenters. The molecule has 1 aromatic heterocycles. The van der Waals surface area contributed by atoms with Gasteiger partial charge in [-0.15, -0.1) is 0 Å². The summed E-state index contributed by atoms with van der Waals surface area (Å²) in [6, 6.07) is 9.60. The number of rotatable bonds is 5. The number of hydrogen-bond acceptors (Lipinski definition) is 3. The van der Waals surface area contributed by atoms with Gasteiger partial charge >= 0.3 is 11.8 Å². The maximum absolute atomic E-state index is 11.6. The van der Waals surface area contributed by atoms with Crippen LogP contribution in [0.25, 0.3) is 0 Å². The molecule has 21 heavy (non-hydrogen) atoms. The standard InChI is InChI=1S/C16H18N2O3/c1-12-2-4-13(5-3-12)10-18-16(20)15(19)17-8-6-14-7-9-21-11-14/h2-5,7,9,11H,6,8,10H2,1H3,(H,17,19)(H,18,20). The third kappa shape index (κ3) is 4.80. The Labute approximate surface area is 123 Å². The van der Waals surface area contributed by atoms with Crippen LogP contribution >= 0.6 is 0 Å². The lowest BCUT2D eigenvalue weighted by Crippen LogP contribution is -2.40. The molecular weight excluding hydrogens is 268 g/mol. The monoisotopic (exact) mass is 286 g/mol. The Balaban J connectivity index is 1.69. The molecule has 0 fully saturated rings. The maximum atomic E-state index is 11.6. The second-order valence-electron chi connectivity index (χ2n) is 4.81. The number of hydrogen-bond donors (Lipinski definition) is 2. The fourth-order valence-corrected chi connectivity index (χ4v) is 1.80. The number of aryl methyl sites for hydroxylation is 1. The highest BCUT2D eigenvalue weighted by atomic mass is 16.3. The summed E-state index contributed by atoms with van der Waals surface area (Å²) in [6.07, 6.45) is 3.82. The second-order valence-corrected chi connectivity index (χ2v) is 4.81. The van der Waals surface area contributed by atoms with E-state index < -0.39 is 11.8 Å². The van der Waals surface area contributed by atoms with Crippen molar-refractivity contribution in [1.29, 1.82) is 0 Å². The van der Waals surface area contributed by atoms with Gasteiger partial charge in [-0.2, -0.15) is 0 Å². The molecule has 2 rings (SSSR count). The van der Waals surface area contributed by atoms with Crippen LogP contribution in [0.5, 0.6) is 0 Å². The van der Waals surface area contributed by atoms with E-state index in [0.717, 1.165) is 16.7 Å². The molecule has 0 saturated carbocycles. The topological polar surface area (TPSA) is 71.3 Å².